The van der Waals surface area contributed by atoms with Crippen molar-refractivity contribution in [2.24, 2.45) is 23.2 Å². The van der Waals surface area contributed by atoms with E-state index in [1.165, 1.54) is 61.0 Å². The van der Waals surface area contributed by atoms with Gasteiger partial charge in [0, 0.05) is 16.5 Å². The van der Waals surface area contributed by atoms with E-state index in [2.05, 4.69) is 145 Å². The van der Waals surface area contributed by atoms with E-state index in [9.17, 15) is 0 Å². The van der Waals surface area contributed by atoms with Crippen molar-refractivity contribution in [1.82, 2.24) is 4.90 Å². The van der Waals surface area contributed by atoms with Gasteiger partial charge in [-0.2, -0.15) is 0 Å². The Hall–Kier alpha value is -1.81. The number of allylic oxidation sites excluding steroid dienone is 1. The number of hydrogen-bond donors (Lipinski definition) is 0. The van der Waals surface area contributed by atoms with Crippen LogP contribution in [0.15, 0.2) is 77.6 Å². The molecule has 2 aromatic rings. The summed E-state index contributed by atoms with van der Waals surface area (Å²) in [5, 5.41) is 1.57. The lowest BCUT2D eigenvalue weighted by Gasteiger charge is -2.59. The molecule has 4 saturated carbocycles. The summed E-state index contributed by atoms with van der Waals surface area (Å²) in [5.74, 6) is 5.08. The lowest BCUT2D eigenvalue weighted by atomic mass is 9.49. The topological polar surface area (TPSA) is 21.7 Å². The average molecular weight is 688 g/mol. The normalized spacial score (nSPS) is 28.7. The van der Waals surface area contributed by atoms with E-state index >= 15 is 0 Å². The van der Waals surface area contributed by atoms with Crippen LogP contribution in [0, 0.1) is 23.2 Å². The van der Waals surface area contributed by atoms with Gasteiger partial charge in [-0.3, -0.25) is 0 Å². The molecule has 7 heteroatoms. The molecule has 7 rings (SSSR count). The van der Waals surface area contributed by atoms with Crippen LogP contribution in [0.1, 0.15) is 70.4 Å². The first-order valence-corrected chi connectivity index (χ1v) is 32.4. The molecule has 0 N–H and O–H groups in total. The SMILES string of the molecule is CC(C)(C)N1C(=C(c2ccccc2)c2ccccc2)O[Si]([Si](C)(C)C)([Si](C)(C)C)/C1=C(/O[Si](C)(C)C)C12CC3CC(CC(C3)C1)C2. The second-order valence-electron chi connectivity index (χ2n) is 19.3. The van der Waals surface area contributed by atoms with Gasteiger partial charge in [0.1, 0.15) is 5.76 Å². The van der Waals surface area contributed by atoms with Crippen molar-refractivity contribution < 1.29 is 8.85 Å². The molecule has 0 aromatic heterocycles. The summed E-state index contributed by atoms with van der Waals surface area (Å²) in [6, 6.07) is 22.1. The van der Waals surface area contributed by atoms with Gasteiger partial charge in [0.2, 0.25) is 8.32 Å². The van der Waals surface area contributed by atoms with Gasteiger partial charge in [-0.05, 0) is 108 Å². The largest absolute Gasteiger partial charge is 0.546 e. The van der Waals surface area contributed by atoms with Gasteiger partial charge >= 0.3 is 0 Å². The van der Waals surface area contributed by atoms with Gasteiger partial charge in [-0.1, -0.05) is 99.9 Å². The van der Waals surface area contributed by atoms with Crippen LogP contribution in [-0.2, 0) is 8.85 Å². The van der Waals surface area contributed by atoms with Crippen molar-refractivity contribution in [3.05, 3.63) is 88.8 Å². The minimum atomic E-state index is -2.62. The first-order chi connectivity index (χ1) is 21.3. The van der Waals surface area contributed by atoms with Crippen LogP contribution in [0.4, 0.5) is 0 Å². The summed E-state index contributed by atoms with van der Waals surface area (Å²) >= 11 is 0. The van der Waals surface area contributed by atoms with E-state index < -0.39 is 30.9 Å². The maximum Gasteiger partial charge on any atom is 0.270 e. The third-order valence-corrected chi connectivity index (χ3v) is 46.1. The number of hydrogen-bond acceptors (Lipinski definition) is 3. The van der Waals surface area contributed by atoms with Crippen LogP contribution in [0.5, 0.6) is 0 Å². The van der Waals surface area contributed by atoms with Crippen LogP contribution < -0.4 is 0 Å². The van der Waals surface area contributed by atoms with E-state index in [1.54, 1.807) is 5.32 Å². The molecule has 1 saturated heterocycles. The van der Waals surface area contributed by atoms with Gasteiger partial charge in [-0.25, -0.2) is 0 Å². The Balaban J connectivity index is 1.79. The fourth-order valence-corrected chi connectivity index (χ4v) is 52.7. The van der Waals surface area contributed by atoms with Crippen molar-refractivity contribution in [1.29, 1.82) is 0 Å². The molecule has 1 aliphatic heterocycles. The average Bonchev–Trinajstić information content (AvgIpc) is 3.30. The summed E-state index contributed by atoms with van der Waals surface area (Å²) in [7, 11) is -8.52. The zero-order valence-electron chi connectivity index (χ0n) is 31.0. The van der Waals surface area contributed by atoms with Crippen LogP contribution in [0.25, 0.3) is 5.57 Å². The van der Waals surface area contributed by atoms with E-state index in [0.29, 0.717) is 0 Å². The van der Waals surface area contributed by atoms with Crippen molar-refractivity contribution in [3.8, 4) is 0 Å². The van der Waals surface area contributed by atoms with Crippen LogP contribution >= 0.6 is 0 Å². The predicted molar refractivity (Wildman–Crippen MR) is 206 cm³/mol. The zero-order valence-corrected chi connectivity index (χ0v) is 35.0. The molecule has 5 fully saturated rings. The highest BCUT2D eigenvalue weighted by Gasteiger charge is 2.70. The minimum Gasteiger partial charge on any atom is -0.546 e. The van der Waals surface area contributed by atoms with Crippen molar-refractivity contribution >= 4 is 36.4 Å². The van der Waals surface area contributed by atoms with Gasteiger partial charge < -0.3 is 13.8 Å². The maximum absolute atomic E-state index is 8.20. The molecule has 0 spiro atoms. The molecule has 46 heavy (non-hydrogen) atoms. The molecule has 250 valence electrons. The molecule has 4 bridgehead atoms. The molecule has 3 nitrogen and oxygen atoms in total. The van der Waals surface area contributed by atoms with Gasteiger partial charge in [0.05, 0.1) is 20.5 Å². The van der Waals surface area contributed by atoms with E-state index in [-0.39, 0.29) is 11.0 Å². The van der Waals surface area contributed by atoms with E-state index in [0.717, 1.165) is 23.6 Å². The molecule has 0 atom stereocenters. The first kappa shape index (κ1) is 34.1. The monoisotopic (exact) mass is 687 g/mol. The Kier molecular flexibility index (Phi) is 8.43. The third kappa shape index (κ3) is 5.79. The second kappa shape index (κ2) is 11.4. The summed E-state index contributed by atoms with van der Waals surface area (Å²) in [4.78, 5) is 2.76. The minimum absolute atomic E-state index is 0.143. The zero-order chi connectivity index (χ0) is 33.5. The summed E-state index contributed by atoms with van der Waals surface area (Å²) < 4.78 is 16.0. The maximum atomic E-state index is 8.20. The lowest BCUT2D eigenvalue weighted by molar-refractivity contribution is -0.0504. The molecule has 4 aliphatic carbocycles. The fraction of sp³-hybridized carbons (Fsp3) is 0.590. The van der Waals surface area contributed by atoms with E-state index in [4.69, 9.17) is 8.85 Å². The van der Waals surface area contributed by atoms with Gasteiger partial charge in [-0.15, -0.1) is 0 Å². The van der Waals surface area contributed by atoms with Crippen LogP contribution in [0.3, 0.4) is 0 Å². The second-order valence-corrected chi connectivity index (χ2v) is 49.5. The van der Waals surface area contributed by atoms with Crippen molar-refractivity contribution in [3.63, 3.8) is 0 Å². The number of nitrogens with zero attached hydrogens (tertiary/aromatic N) is 1. The van der Waals surface area contributed by atoms with Gasteiger partial charge in [0.25, 0.3) is 7.35 Å². The Morgan fingerprint density at radius 1 is 0.717 bits per heavy atom. The molecule has 0 unspecified atom stereocenters. The quantitative estimate of drug-likeness (QED) is 0.214. The lowest BCUT2D eigenvalue weighted by Crippen LogP contribution is -2.74. The standard InChI is InChI=1S/C39H61NO2Si4/c1-38(2,3)40-36(34(32-19-15-13-16-20-32)33-21-17-14-18-22-33)42-46(44(7,8)9,45(10,11)12)37(40)35(41-43(4,5)6)39-26-29-23-30(27-39)25-31(24-29)28-39/h13-22,29-31H,23-28H2,1-12H3/b37-35+. The highest BCUT2D eigenvalue weighted by Crippen LogP contribution is 2.65. The van der Waals surface area contributed by atoms with E-state index in [1.807, 2.05) is 0 Å². The number of benzene rings is 2. The third-order valence-electron chi connectivity index (χ3n) is 11.3. The first-order valence-electron chi connectivity index (χ1n) is 18.0. The van der Waals surface area contributed by atoms with Gasteiger partial charge in [0.15, 0.2) is 5.88 Å². The highest BCUT2D eigenvalue weighted by molar-refractivity contribution is 7.69. The molecule has 0 amide bonds. The smallest absolute Gasteiger partial charge is 0.270 e. The van der Waals surface area contributed by atoms with Crippen LogP contribution in [-0.4, -0.2) is 41.3 Å². The fourth-order valence-electron chi connectivity index (χ4n) is 10.4. The number of rotatable bonds is 7. The predicted octanol–water partition coefficient (Wildman–Crippen LogP) is 11.1. The van der Waals surface area contributed by atoms with Crippen LogP contribution in [0.2, 0.25) is 58.9 Å². The molecular formula is C39H61NO2Si4. The summed E-state index contributed by atoms with van der Waals surface area (Å²) in [6.45, 7) is 30.4. The Morgan fingerprint density at radius 3 is 1.48 bits per heavy atom. The summed E-state index contributed by atoms with van der Waals surface area (Å²) in [6.07, 6.45) is 8.25. The molecule has 0 radical (unpaired) electrons. The Labute approximate surface area is 284 Å². The highest BCUT2D eigenvalue weighted by atomic mass is 29.7. The molecule has 1 heterocycles. The molecule has 2 aromatic carbocycles. The molecule has 5 aliphatic rings. The Bertz CT molecular complexity index is 1410. The Morgan fingerprint density at radius 2 is 1.13 bits per heavy atom. The molecular weight excluding hydrogens is 627 g/mol. The summed E-state index contributed by atoms with van der Waals surface area (Å²) in [5.41, 5.74) is 3.65. The van der Waals surface area contributed by atoms with Crippen molar-refractivity contribution in [2.75, 3.05) is 0 Å². The van der Waals surface area contributed by atoms with Crippen molar-refractivity contribution in [2.45, 2.75) is 124 Å².